The number of aldehydes is 1. The van der Waals surface area contributed by atoms with Crippen molar-refractivity contribution in [3.8, 4) is 0 Å². The Morgan fingerprint density at radius 3 is 2.60 bits per heavy atom. The molecule has 20 heavy (non-hydrogen) atoms. The van der Waals surface area contributed by atoms with Gasteiger partial charge < -0.3 is 5.11 Å². The van der Waals surface area contributed by atoms with Gasteiger partial charge in [0, 0.05) is 21.4 Å². The van der Waals surface area contributed by atoms with Crippen molar-refractivity contribution in [1.82, 2.24) is 0 Å². The summed E-state index contributed by atoms with van der Waals surface area (Å²) in [5.41, 5.74) is 2.01. The number of carbonyl (C=O) groups excluding carboxylic acids is 1. The number of allylic oxidation sites excluding steroid dienone is 1. The van der Waals surface area contributed by atoms with Gasteiger partial charge in [-0.05, 0) is 52.3 Å². The molecule has 0 saturated heterocycles. The molecule has 1 rings (SSSR count). The van der Waals surface area contributed by atoms with Gasteiger partial charge >= 0.3 is 0 Å². The lowest BCUT2D eigenvalue weighted by Gasteiger charge is -2.29. The molecule has 0 aromatic rings. The second-order valence-electron chi connectivity index (χ2n) is 6.43. The van der Waals surface area contributed by atoms with Crippen molar-refractivity contribution in [2.45, 2.75) is 46.6 Å². The maximum Gasteiger partial charge on any atom is 0.152 e. The highest BCUT2D eigenvalue weighted by molar-refractivity contribution is 14.1. The average molecular weight is 389 g/mol. The zero-order valence-electron chi connectivity index (χ0n) is 12.7. The third kappa shape index (κ3) is 4.25. The molecule has 0 bridgehead atoms. The highest BCUT2D eigenvalue weighted by Crippen LogP contribution is 2.34. The molecular weight excluding hydrogens is 365 g/mol. The Hall–Kier alpha value is -0.490. The highest BCUT2D eigenvalue weighted by atomic mass is 127. The van der Waals surface area contributed by atoms with Crippen molar-refractivity contribution in [3.05, 3.63) is 21.3 Å². The Morgan fingerprint density at radius 2 is 2.10 bits per heavy atom. The van der Waals surface area contributed by atoms with Crippen LogP contribution in [-0.2, 0) is 4.79 Å². The topological polar surface area (TPSA) is 49.7 Å². The molecule has 0 fully saturated rings. The van der Waals surface area contributed by atoms with E-state index in [2.05, 4.69) is 48.0 Å². The normalized spacial score (nSPS) is 28.2. The van der Waals surface area contributed by atoms with Crippen LogP contribution in [0, 0.1) is 11.3 Å². The molecule has 0 aromatic carbocycles. The Balaban J connectivity index is 3.35. The molecule has 0 saturated carbocycles. The zero-order valence-corrected chi connectivity index (χ0v) is 14.9. The van der Waals surface area contributed by atoms with Crippen LogP contribution in [0.15, 0.2) is 26.3 Å². The fourth-order valence-electron chi connectivity index (χ4n) is 2.35. The van der Waals surface area contributed by atoms with Crippen LogP contribution in [0.25, 0.3) is 0 Å². The number of aliphatic imine (C=N–C) groups is 1. The predicted octanol–water partition coefficient (Wildman–Crippen LogP) is 3.71. The number of nitrogens with zero attached hydrogens (tertiary/aromatic N) is 1. The summed E-state index contributed by atoms with van der Waals surface area (Å²) in [6.45, 7) is 13.0. The summed E-state index contributed by atoms with van der Waals surface area (Å²) < 4.78 is 0.732. The fourth-order valence-corrected chi connectivity index (χ4v) is 3.11. The van der Waals surface area contributed by atoms with Crippen LogP contribution >= 0.6 is 22.6 Å². The molecule has 1 aliphatic heterocycles. The minimum atomic E-state index is -0.613. The fraction of sp³-hybridized carbons (Fsp3) is 0.625. The summed E-state index contributed by atoms with van der Waals surface area (Å²) in [5, 5.41) is 10.3. The van der Waals surface area contributed by atoms with Crippen LogP contribution in [0.4, 0.5) is 0 Å². The first-order chi connectivity index (χ1) is 9.19. The molecule has 0 unspecified atom stereocenters. The summed E-state index contributed by atoms with van der Waals surface area (Å²) in [6, 6.07) is 0. The number of hydrogen-bond acceptors (Lipinski definition) is 3. The van der Waals surface area contributed by atoms with E-state index in [1.165, 1.54) is 0 Å². The minimum Gasteiger partial charge on any atom is -0.388 e. The van der Waals surface area contributed by atoms with Crippen molar-refractivity contribution in [1.29, 1.82) is 0 Å². The van der Waals surface area contributed by atoms with Gasteiger partial charge in [0.25, 0.3) is 0 Å². The molecule has 1 heterocycles. The van der Waals surface area contributed by atoms with Gasteiger partial charge in [0.15, 0.2) is 6.29 Å². The molecule has 1 atom stereocenters. The predicted molar refractivity (Wildman–Crippen MR) is 92.4 cm³/mol. The minimum absolute atomic E-state index is 0.00352. The van der Waals surface area contributed by atoms with Gasteiger partial charge in [-0.3, -0.25) is 9.79 Å². The molecule has 0 radical (unpaired) electrons. The third-order valence-electron chi connectivity index (χ3n) is 3.68. The van der Waals surface area contributed by atoms with E-state index < -0.39 is 6.10 Å². The number of hydrogen-bond donors (Lipinski definition) is 1. The Kier molecular flexibility index (Phi) is 6.13. The standard InChI is InChI=1S/C16H24INO2/c1-10(2)15-12(9-19)14(17)11(3)13(20)8-16(4,5)6-7-18-15/h9-10,13,20H,3,6-8H2,1-2,4-5H3/b14-12+,18-15?/t13-/m0/s1. The number of halogens is 1. The first-order valence-electron chi connectivity index (χ1n) is 6.96. The van der Waals surface area contributed by atoms with Crippen LogP contribution in [0.2, 0.25) is 0 Å². The van der Waals surface area contributed by atoms with Gasteiger partial charge in [-0.25, -0.2) is 0 Å². The lowest BCUT2D eigenvalue weighted by atomic mass is 9.81. The van der Waals surface area contributed by atoms with Crippen molar-refractivity contribution >= 4 is 34.6 Å². The summed E-state index contributed by atoms with van der Waals surface area (Å²) in [6.07, 6.45) is 1.75. The lowest BCUT2D eigenvalue weighted by molar-refractivity contribution is -0.104. The highest BCUT2D eigenvalue weighted by Gasteiger charge is 2.27. The number of carbonyl (C=O) groups is 1. The number of rotatable bonds is 2. The van der Waals surface area contributed by atoms with E-state index in [-0.39, 0.29) is 11.3 Å². The molecule has 0 amide bonds. The molecule has 1 N–H and O–H groups in total. The summed E-state index contributed by atoms with van der Waals surface area (Å²) >= 11 is 2.10. The van der Waals surface area contributed by atoms with Crippen molar-refractivity contribution in [2.24, 2.45) is 16.3 Å². The van der Waals surface area contributed by atoms with Crippen LogP contribution in [-0.4, -0.2) is 29.8 Å². The molecule has 112 valence electrons. The van der Waals surface area contributed by atoms with Crippen molar-refractivity contribution in [2.75, 3.05) is 6.54 Å². The Morgan fingerprint density at radius 1 is 1.50 bits per heavy atom. The monoisotopic (exact) mass is 389 g/mol. The quantitative estimate of drug-likeness (QED) is 0.578. The van der Waals surface area contributed by atoms with Crippen molar-refractivity contribution < 1.29 is 9.90 Å². The molecule has 1 aliphatic rings. The SMILES string of the molecule is C=C1/C(I)=C(/C=O)C(C(C)C)=NCCC(C)(C)C[C@@H]1O. The molecular formula is C16H24INO2. The van der Waals surface area contributed by atoms with E-state index in [1.807, 2.05) is 13.8 Å². The Bertz CT molecular complexity index is 461. The van der Waals surface area contributed by atoms with Gasteiger partial charge in [0.2, 0.25) is 0 Å². The average Bonchev–Trinajstić information content (AvgIpc) is 2.34. The van der Waals surface area contributed by atoms with Crippen LogP contribution in [0.5, 0.6) is 0 Å². The van der Waals surface area contributed by atoms with Crippen molar-refractivity contribution in [3.63, 3.8) is 0 Å². The maximum absolute atomic E-state index is 11.5. The van der Waals surface area contributed by atoms with Gasteiger partial charge in [0.05, 0.1) is 6.10 Å². The van der Waals surface area contributed by atoms with Gasteiger partial charge in [-0.2, -0.15) is 0 Å². The maximum atomic E-state index is 11.5. The van der Waals surface area contributed by atoms with E-state index in [4.69, 9.17) is 0 Å². The van der Waals surface area contributed by atoms with E-state index in [1.54, 1.807) is 0 Å². The second-order valence-corrected chi connectivity index (χ2v) is 7.51. The third-order valence-corrected chi connectivity index (χ3v) is 4.95. The summed E-state index contributed by atoms with van der Waals surface area (Å²) in [5.74, 6) is 0.174. The number of aliphatic hydroxyl groups excluding tert-OH is 1. The molecule has 4 heteroatoms. The molecule has 0 spiro atoms. The van der Waals surface area contributed by atoms with Gasteiger partial charge in [-0.1, -0.05) is 34.3 Å². The molecule has 0 aromatic heterocycles. The number of aliphatic hydroxyl groups is 1. The summed E-state index contributed by atoms with van der Waals surface area (Å²) in [7, 11) is 0. The Labute approximate surface area is 135 Å². The first-order valence-corrected chi connectivity index (χ1v) is 8.04. The van der Waals surface area contributed by atoms with E-state index in [0.29, 0.717) is 24.1 Å². The molecule has 3 nitrogen and oxygen atoms in total. The second kappa shape index (κ2) is 6.98. The van der Waals surface area contributed by atoms with E-state index in [0.717, 1.165) is 22.0 Å². The zero-order chi connectivity index (χ0) is 15.5. The lowest BCUT2D eigenvalue weighted by Crippen LogP contribution is -2.26. The first kappa shape index (κ1) is 17.6. The van der Waals surface area contributed by atoms with Gasteiger partial charge in [0.1, 0.15) is 0 Å². The van der Waals surface area contributed by atoms with E-state index in [9.17, 15) is 9.90 Å². The van der Waals surface area contributed by atoms with Crippen LogP contribution in [0.3, 0.4) is 0 Å². The molecule has 0 aliphatic carbocycles. The van der Waals surface area contributed by atoms with E-state index >= 15 is 0 Å². The smallest absolute Gasteiger partial charge is 0.152 e. The van der Waals surface area contributed by atoms with Gasteiger partial charge in [-0.15, -0.1) is 0 Å². The largest absolute Gasteiger partial charge is 0.388 e. The summed E-state index contributed by atoms with van der Waals surface area (Å²) in [4.78, 5) is 16.1. The van der Waals surface area contributed by atoms with Crippen LogP contribution in [0.1, 0.15) is 40.5 Å². The van der Waals surface area contributed by atoms with Crippen LogP contribution < -0.4 is 0 Å².